The van der Waals surface area contributed by atoms with Crippen molar-refractivity contribution in [2.45, 2.75) is 46.0 Å². The first-order valence-corrected chi connectivity index (χ1v) is 7.91. The molecule has 0 saturated heterocycles. The predicted octanol–water partition coefficient (Wildman–Crippen LogP) is 5.34. The van der Waals surface area contributed by atoms with E-state index >= 15 is 0 Å². The zero-order valence-corrected chi connectivity index (χ0v) is 13.7. The van der Waals surface area contributed by atoms with Crippen molar-refractivity contribution < 1.29 is 0 Å². The maximum Gasteiger partial charge on any atom is 0.0624 e. The van der Waals surface area contributed by atoms with Crippen LogP contribution in [0.25, 0.3) is 0 Å². The van der Waals surface area contributed by atoms with Gasteiger partial charge >= 0.3 is 0 Å². The lowest BCUT2D eigenvalue weighted by atomic mass is 9.75. The Morgan fingerprint density at radius 3 is 2.53 bits per heavy atom. The average molecular weight is 302 g/mol. The Kier molecular flexibility index (Phi) is 7.20. The summed E-state index contributed by atoms with van der Waals surface area (Å²) in [7, 11) is 2.02. The first-order chi connectivity index (χ1) is 9.08. The van der Waals surface area contributed by atoms with Crippen LogP contribution in [-0.4, -0.2) is 13.6 Å². The quantitative estimate of drug-likeness (QED) is 0.683. The minimum Gasteiger partial charge on any atom is -0.319 e. The average Bonchev–Trinajstić information content (AvgIpc) is 2.41. The van der Waals surface area contributed by atoms with Gasteiger partial charge in [-0.3, -0.25) is 0 Å². The molecular weight excluding hydrogens is 277 g/mol. The summed E-state index contributed by atoms with van der Waals surface area (Å²) in [6.07, 6.45) is 5.85. The molecule has 1 atom stereocenters. The van der Waals surface area contributed by atoms with Crippen molar-refractivity contribution in [3.8, 4) is 0 Å². The van der Waals surface area contributed by atoms with E-state index in [2.05, 4.69) is 25.2 Å². The summed E-state index contributed by atoms with van der Waals surface area (Å²) in [6.45, 7) is 5.53. The van der Waals surface area contributed by atoms with E-state index in [0.29, 0.717) is 5.02 Å². The molecule has 1 rings (SSSR count). The molecule has 1 N–H and O–H groups in total. The van der Waals surface area contributed by atoms with Crippen LogP contribution < -0.4 is 5.32 Å². The lowest BCUT2D eigenvalue weighted by Gasteiger charge is -2.33. The van der Waals surface area contributed by atoms with Crippen LogP contribution in [0.3, 0.4) is 0 Å². The van der Waals surface area contributed by atoms with Crippen LogP contribution in [0, 0.1) is 5.41 Å². The Morgan fingerprint density at radius 2 is 1.95 bits per heavy atom. The maximum atomic E-state index is 6.34. The van der Waals surface area contributed by atoms with Gasteiger partial charge in [0.2, 0.25) is 0 Å². The van der Waals surface area contributed by atoms with Crippen molar-refractivity contribution in [1.29, 1.82) is 0 Å². The second-order valence-corrected chi connectivity index (χ2v) is 6.16. The molecule has 0 spiro atoms. The van der Waals surface area contributed by atoms with Gasteiger partial charge in [-0.05, 0) is 43.4 Å². The Balaban J connectivity index is 2.95. The van der Waals surface area contributed by atoms with Gasteiger partial charge in [-0.2, -0.15) is 0 Å². The Bertz CT molecular complexity index is 392. The van der Waals surface area contributed by atoms with Crippen LogP contribution in [0.15, 0.2) is 18.2 Å². The highest BCUT2D eigenvalue weighted by atomic mass is 35.5. The van der Waals surface area contributed by atoms with Gasteiger partial charge in [0.05, 0.1) is 10.0 Å². The van der Waals surface area contributed by atoms with E-state index in [1.54, 1.807) is 0 Å². The van der Waals surface area contributed by atoms with Gasteiger partial charge in [-0.15, -0.1) is 0 Å². The minimum atomic E-state index is 0.277. The Morgan fingerprint density at radius 1 is 1.21 bits per heavy atom. The molecule has 1 nitrogen and oxygen atoms in total. The molecule has 3 heteroatoms. The van der Waals surface area contributed by atoms with Crippen molar-refractivity contribution in [2.24, 2.45) is 5.41 Å². The first kappa shape index (κ1) is 16.8. The van der Waals surface area contributed by atoms with Crippen LogP contribution in [0.4, 0.5) is 0 Å². The standard InChI is InChI=1S/C16H25Cl2N/c1-4-6-10-16(5-2,12-19-3)11-13-8-7-9-14(17)15(13)18/h7-9,19H,4-6,10-12H2,1-3H3. The number of hydrogen-bond acceptors (Lipinski definition) is 1. The van der Waals surface area contributed by atoms with Gasteiger partial charge in [0.15, 0.2) is 0 Å². The Labute approximate surface area is 127 Å². The molecule has 0 aromatic heterocycles. The maximum absolute atomic E-state index is 6.34. The van der Waals surface area contributed by atoms with Gasteiger partial charge < -0.3 is 5.32 Å². The summed E-state index contributed by atoms with van der Waals surface area (Å²) in [5, 5.41) is 4.72. The van der Waals surface area contributed by atoms with Crippen LogP contribution in [0.5, 0.6) is 0 Å². The molecule has 1 aromatic rings. The molecule has 0 aliphatic rings. The van der Waals surface area contributed by atoms with Gasteiger partial charge in [0, 0.05) is 6.54 Å². The van der Waals surface area contributed by atoms with Crippen LogP contribution in [-0.2, 0) is 6.42 Å². The molecule has 0 fully saturated rings. The number of benzene rings is 1. The molecule has 0 aliphatic heterocycles. The zero-order valence-electron chi connectivity index (χ0n) is 12.2. The fraction of sp³-hybridized carbons (Fsp3) is 0.625. The van der Waals surface area contributed by atoms with Gasteiger partial charge in [-0.1, -0.05) is 62.0 Å². The van der Waals surface area contributed by atoms with Crippen molar-refractivity contribution >= 4 is 23.2 Å². The third kappa shape index (κ3) is 4.66. The fourth-order valence-corrected chi connectivity index (χ4v) is 3.07. The summed E-state index contributed by atoms with van der Waals surface area (Å²) in [5.74, 6) is 0. The van der Waals surface area contributed by atoms with E-state index in [4.69, 9.17) is 23.2 Å². The fourth-order valence-electron chi connectivity index (χ4n) is 2.68. The molecule has 108 valence electrons. The molecule has 0 radical (unpaired) electrons. The highest BCUT2D eigenvalue weighted by Gasteiger charge is 2.28. The first-order valence-electron chi connectivity index (χ1n) is 7.16. The SMILES string of the molecule is CCCCC(CC)(CNC)Cc1cccc(Cl)c1Cl. The van der Waals surface area contributed by atoms with Gasteiger partial charge in [0.1, 0.15) is 0 Å². The number of unbranched alkanes of at least 4 members (excludes halogenated alkanes) is 1. The van der Waals surface area contributed by atoms with Crippen molar-refractivity contribution in [3.05, 3.63) is 33.8 Å². The van der Waals surface area contributed by atoms with E-state index in [-0.39, 0.29) is 5.41 Å². The van der Waals surface area contributed by atoms with Crippen molar-refractivity contribution in [2.75, 3.05) is 13.6 Å². The molecule has 0 heterocycles. The van der Waals surface area contributed by atoms with Crippen LogP contribution >= 0.6 is 23.2 Å². The third-order valence-electron chi connectivity index (χ3n) is 3.96. The number of rotatable bonds is 8. The van der Waals surface area contributed by atoms with E-state index in [9.17, 15) is 0 Å². The summed E-state index contributed by atoms with van der Waals surface area (Å²) in [5.41, 5.74) is 1.45. The molecule has 1 unspecified atom stereocenters. The number of hydrogen-bond donors (Lipinski definition) is 1. The zero-order chi connectivity index (χ0) is 14.3. The topological polar surface area (TPSA) is 12.0 Å². The van der Waals surface area contributed by atoms with E-state index < -0.39 is 0 Å². The number of nitrogens with one attached hydrogen (secondary N) is 1. The summed E-state index contributed by atoms with van der Waals surface area (Å²) in [4.78, 5) is 0. The van der Waals surface area contributed by atoms with Crippen LogP contribution in [0.1, 0.15) is 45.1 Å². The largest absolute Gasteiger partial charge is 0.319 e. The van der Waals surface area contributed by atoms with E-state index in [1.165, 1.54) is 24.8 Å². The van der Waals surface area contributed by atoms with E-state index in [0.717, 1.165) is 24.4 Å². The molecule has 0 saturated carbocycles. The van der Waals surface area contributed by atoms with E-state index in [1.807, 2.05) is 19.2 Å². The summed E-state index contributed by atoms with van der Waals surface area (Å²) >= 11 is 12.5. The number of halogens is 2. The second-order valence-electron chi connectivity index (χ2n) is 5.38. The molecule has 19 heavy (non-hydrogen) atoms. The van der Waals surface area contributed by atoms with Gasteiger partial charge in [0.25, 0.3) is 0 Å². The van der Waals surface area contributed by atoms with Crippen molar-refractivity contribution in [3.63, 3.8) is 0 Å². The second kappa shape index (κ2) is 8.14. The lowest BCUT2D eigenvalue weighted by molar-refractivity contribution is 0.235. The lowest BCUT2D eigenvalue weighted by Crippen LogP contribution is -2.34. The monoisotopic (exact) mass is 301 g/mol. The highest BCUT2D eigenvalue weighted by molar-refractivity contribution is 6.42. The normalized spacial score (nSPS) is 14.4. The molecule has 1 aromatic carbocycles. The third-order valence-corrected chi connectivity index (χ3v) is 4.82. The molecule has 0 bridgehead atoms. The van der Waals surface area contributed by atoms with Crippen molar-refractivity contribution in [1.82, 2.24) is 5.32 Å². The van der Waals surface area contributed by atoms with Gasteiger partial charge in [-0.25, -0.2) is 0 Å². The Hall–Kier alpha value is -0.240. The smallest absolute Gasteiger partial charge is 0.0624 e. The molecular formula is C16H25Cl2N. The minimum absolute atomic E-state index is 0.277. The summed E-state index contributed by atoms with van der Waals surface area (Å²) < 4.78 is 0. The highest BCUT2D eigenvalue weighted by Crippen LogP contribution is 2.36. The summed E-state index contributed by atoms with van der Waals surface area (Å²) in [6, 6.07) is 5.94. The molecule has 0 aliphatic carbocycles. The molecule has 0 amide bonds. The van der Waals surface area contributed by atoms with Crippen LogP contribution in [0.2, 0.25) is 10.0 Å². The predicted molar refractivity (Wildman–Crippen MR) is 86.3 cm³/mol.